The Morgan fingerprint density at radius 1 is 1.62 bits per heavy atom. The topological polar surface area (TPSA) is 17.1 Å². The molecule has 1 rings (SSSR count). The third-order valence-corrected chi connectivity index (χ3v) is 2.44. The van der Waals surface area contributed by atoms with Crippen molar-refractivity contribution in [1.29, 1.82) is 0 Å². The van der Waals surface area contributed by atoms with Gasteiger partial charge in [0.15, 0.2) is 5.78 Å². The van der Waals surface area contributed by atoms with Crippen molar-refractivity contribution < 1.29 is 4.79 Å². The molecular formula is C12H18O. The van der Waals surface area contributed by atoms with E-state index in [2.05, 4.69) is 12.2 Å². The number of carbonyl (C=O) groups is 1. The van der Waals surface area contributed by atoms with Crippen LogP contribution in [0, 0.1) is 5.92 Å². The molecule has 1 aliphatic carbocycles. The summed E-state index contributed by atoms with van der Waals surface area (Å²) < 4.78 is 0. The Bertz CT molecular complexity index is 213. The van der Waals surface area contributed by atoms with Gasteiger partial charge in [-0.05, 0) is 37.7 Å². The maximum Gasteiger partial charge on any atom is 0.155 e. The largest absolute Gasteiger partial charge is 0.295 e. The molecular weight excluding hydrogens is 160 g/mol. The molecule has 0 aliphatic heterocycles. The van der Waals surface area contributed by atoms with Gasteiger partial charge in [0.1, 0.15) is 0 Å². The lowest BCUT2D eigenvalue weighted by atomic mass is 9.93. The molecule has 0 radical (unpaired) electrons. The Balaban J connectivity index is 2.24. The maximum atomic E-state index is 10.9. The van der Waals surface area contributed by atoms with Crippen molar-refractivity contribution in [2.45, 2.75) is 39.0 Å². The average Bonchev–Trinajstić information content (AvgIpc) is 2.19. The van der Waals surface area contributed by atoms with Crippen molar-refractivity contribution in [2.24, 2.45) is 5.92 Å². The van der Waals surface area contributed by atoms with E-state index >= 15 is 0 Å². The fraction of sp³-hybridized carbons (Fsp3) is 0.583. The lowest BCUT2D eigenvalue weighted by molar-refractivity contribution is -0.114. The molecule has 1 unspecified atom stereocenters. The van der Waals surface area contributed by atoms with Crippen LogP contribution in [0.25, 0.3) is 0 Å². The van der Waals surface area contributed by atoms with Gasteiger partial charge in [0, 0.05) is 6.42 Å². The molecule has 1 atom stereocenters. The standard InChI is InChI=1S/C12H18O/c1-2-12(13)10-6-9-11-7-4-3-5-8-11/h4,6-7,10-11H,2-3,5,8-9H2,1H3. The van der Waals surface area contributed by atoms with Crippen LogP contribution in [0.3, 0.4) is 0 Å². The van der Waals surface area contributed by atoms with E-state index < -0.39 is 0 Å². The minimum Gasteiger partial charge on any atom is -0.295 e. The predicted octanol–water partition coefficient (Wildman–Crippen LogP) is 3.27. The van der Waals surface area contributed by atoms with Crippen LogP contribution in [0.1, 0.15) is 39.0 Å². The highest BCUT2D eigenvalue weighted by atomic mass is 16.1. The fourth-order valence-corrected chi connectivity index (χ4v) is 1.57. The quantitative estimate of drug-likeness (QED) is 0.477. The first-order valence-corrected chi connectivity index (χ1v) is 5.19. The first-order chi connectivity index (χ1) is 6.33. The van der Waals surface area contributed by atoms with Gasteiger partial charge in [0.2, 0.25) is 0 Å². The van der Waals surface area contributed by atoms with E-state index in [9.17, 15) is 4.79 Å². The molecule has 0 bridgehead atoms. The lowest BCUT2D eigenvalue weighted by Gasteiger charge is -2.13. The number of ketones is 1. The molecule has 1 nitrogen and oxygen atoms in total. The van der Waals surface area contributed by atoms with Crippen molar-refractivity contribution in [3.05, 3.63) is 24.3 Å². The highest BCUT2D eigenvalue weighted by Gasteiger charge is 2.05. The van der Waals surface area contributed by atoms with E-state index in [1.54, 1.807) is 6.08 Å². The second-order valence-electron chi connectivity index (χ2n) is 3.58. The molecule has 0 aromatic carbocycles. The van der Waals surface area contributed by atoms with Crippen LogP contribution in [0.2, 0.25) is 0 Å². The first kappa shape index (κ1) is 10.2. The van der Waals surface area contributed by atoms with Crippen LogP contribution in [0.4, 0.5) is 0 Å². The van der Waals surface area contributed by atoms with Crippen molar-refractivity contribution in [3.8, 4) is 0 Å². The summed E-state index contributed by atoms with van der Waals surface area (Å²) in [5, 5.41) is 0. The number of allylic oxidation sites excluding steroid dienone is 4. The van der Waals surface area contributed by atoms with Crippen LogP contribution in [0.5, 0.6) is 0 Å². The summed E-state index contributed by atoms with van der Waals surface area (Å²) in [5.41, 5.74) is 0. The maximum absolute atomic E-state index is 10.9. The Morgan fingerprint density at radius 3 is 3.08 bits per heavy atom. The van der Waals surface area contributed by atoms with Gasteiger partial charge in [-0.15, -0.1) is 0 Å². The zero-order valence-electron chi connectivity index (χ0n) is 8.33. The molecule has 0 N–H and O–H groups in total. The summed E-state index contributed by atoms with van der Waals surface area (Å²) in [6, 6.07) is 0. The van der Waals surface area contributed by atoms with Gasteiger partial charge in [0.25, 0.3) is 0 Å². The second-order valence-corrected chi connectivity index (χ2v) is 3.58. The summed E-state index contributed by atoms with van der Waals surface area (Å²) in [7, 11) is 0. The Hall–Kier alpha value is -0.850. The number of rotatable bonds is 4. The molecule has 0 aromatic rings. The zero-order valence-corrected chi connectivity index (χ0v) is 8.33. The second kappa shape index (κ2) is 5.74. The van der Waals surface area contributed by atoms with E-state index in [0.717, 1.165) is 6.42 Å². The highest BCUT2D eigenvalue weighted by Crippen LogP contribution is 2.20. The molecule has 0 amide bonds. The third kappa shape index (κ3) is 4.07. The molecule has 72 valence electrons. The first-order valence-electron chi connectivity index (χ1n) is 5.19. The van der Waals surface area contributed by atoms with Crippen molar-refractivity contribution in [1.82, 2.24) is 0 Å². The van der Waals surface area contributed by atoms with Gasteiger partial charge in [-0.1, -0.05) is 25.2 Å². The molecule has 13 heavy (non-hydrogen) atoms. The van der Waals surface area contributed by atoms with Crippen LogP contribution < -0.4 is 0 Å². The SMILES string of the molecule is CCC(=O)C=CCC1C=CCCC1. The van der Waals surface area contributed by atoms with Gasteiger partial charge in [-0.3, -0.25) is 4.79 Å². The third-order valence-electron chi connectivity index (χ3n) is 2.44. The Kier molecular flexibility index (Phi) is 4.52. The summed E-state index contributed by atoms with van der Waals surface area (Å²) in [5.74, 6) is 0.912. The minimum atomic E-state index is 0.236. The molecule has 0 saturated carbocycles. The predicted molar refractivity (Wildman–Crippen MR) is 55.5 cm³/mol. The minimum absolute atomic E-state index is 0.236. The molecule has 0 spiro atoms. The fourth-order valence-electron chi connectivity index (χ4n) is 1.57. The summed E-state index contributed by atoms with van der Waals surface area (Å²) in [6.07, 6.45) is 13.7. The smallest absolute Gasteiger partial charge is 0.155 e. The van der Waals surface area contributed by atoms with E-state index in [0.29, 0.717) is 12.3 Å². The molecule has 0 heterocycles. The number of hydrogen-bond acceptors (Lipinski definition) is 1. The Labute approximate surface area is 80.5 Å². The van der Waals surface area contributed by atoms with E-state index in [1.165, 1.54) is 19.3 Å². The molecule has 0 aromatic heterocycles. The molecule has 0 fully saturated rings. The molecule has 1 aliphatic rings. The van der Waals surface area contributed by atoms with E-state index in [4.69, 9.17) is 0 Å². The van der Waals surface area contributed by atoms with Gasteiger partial charge in [-0.2, -0.15) is 0 Å². The number of hydrogen-bond donors (Lipinski definition) is 0. The lowest BCUT2D eigenvalue weighted by Crippen LogP contribution is -1.99. The normalized spacial score (nSPS) is 22.4. The van der Waals surface area contributed by atoms with Gasteiger partial charge >= 0.3 is 0 Å². The van der Waals surface area contributed by atoms with Crippen LogP contribution >= 0.6 is 0 Å². The van der Waals surface area contributed by atoms with Crippen molar-refractivity contribution in [2.75, 3.05) is 0 Å². The summed E-state index contributed by atoms with van der Waals surface area (Å²) in [4.78, 5) is 10.9. The summed E-state index contributed by atoms with van der Waals surface area (Å²) in [6.45, 7) is 1.90. The monoisotopic (exact) mass is 178 g/mol. The summed E-state index contributed by atoms with van der Waals surface area (Å²) >= 11 is 0. The zero-order chi connectivity index (χ0) is 9.52. The van der Waals surface area contributed by atoms with Gasteiger partial charge in [-0.25, -0.2) is 0 Å². The molecule has 1 heteroatoms. The van der Waals surface area contributed by atoms with Crippen LogP contribution in [0.15, 0.2) is 24.3 Å². The van der Waals surface area contributed by atoms with Crippen LogP contribution in [-0.4, -0.2) is 5.78 Å². The van der Waals surface area contributed by atoms with Gasteiger partial charge in [0.05, 0.1) is 0 Å². The van der Waals surface area contributed by atoms with E-state index in [1.807, 2.05) is 13.0 Å². The number of carbonyl (C=O) groups excluding carboxylic acids is 1. The van der Waals surface area contributed by atoms with Crippen molar-refractivity contribution >= 4 is 5.78 Å². The average molecular weight is 178 g/mol. The van der Waals surface area contributed by atoms with Crippen molar-refractivity contribution in [3.63, 3.8) is 0 Å². The Morgan fingerprint density at radius 2 is 2.46 bits per heavy atom. The van der Waals surface area contributed by atoms with Gasteiger partial charge < -0.3 is 0 Å². The molecule has 0 saturated heterocycles. The van der Waals surface area contributed by atoms with E-state index in [-0.39, 0.29) is 5.78 Å². The highest BCUT2D eigenvalue weighted by molar-refractivity contribution is 5.89. The van der Waals surface area contributed by atoms with Crippen LogP contribution in [-0.2, 0) is 4.79 Å².